The molecule has 3 nitrogen and oxygen atoms in total. The standard InChI is InChI=1S/C19H26O3/c1-4-5-6-8-14(3)18-16-10-7-9-13(2)15(16)11-12-17(18)22-19(20)21/h11-13H,3-10H2,1-2H3,(H,20,21). The maximum atomic E-state index is 11.0. The molecule has 0 aromatic heterocycles. The van der Waals surface area contributed by atoms with Crippen molar-refractivity contribution in [1.29, 1.82) is 0 Å². The van der Waals surface area contributed by atoms with E-state index in [4.69, 9.17) is 9.84 Å². The summed E-state index contributed by atoms with van der Waals surface area (Å²) in [5.41, 5.74) is 4.54. The number of benzene rings is 1. The highest BCUT2D eigenvalue weighted by Gasteiger charge is 2.23. The lowest BCUT2D eigenvalue weighted by atomic mass is 9.79. The molecule has 1 aromatic carbocycles. The summed E-state index contributed by atoms with van der Waals surface area (Å²) in [7, 11) is 0. The summed E-state index contributed by atoms with van der Waals surface area (Å²) in [6.45, 7) is 8.63. The highest BCUT2D eigenvalue weighted by atomic mass is 16.7. The fourth-order valence-corrected chi connectivity index (χ4v) is 3.39. The molecule has 0 bridgehead atoms. The van der Waals surface area contributed by atoms with Crippen molar-refractivity contribution >= 4 is 11.7 Å². The third-order valence-corrected chi connectivity index (χ3v) is 4.54. The first kappa shape index (κ1) is 16.6. The maximum absolute atomic E-state index is 11.0. The summed E-state index contributed by atoms with van der Waals surface area (Å²) in [5, 5.41) is 8.99. The van der Waals surface area contributed by atoms with Gasteiger partial charge in [-0.05, 0) is 60.8 Å². The van der Waals surface area contributed by atoms with Crippen LogP contribution in [0.1, 0.15) is 75.0 Å². The average Bonchev–Trinajstić information content (AvgIpc) is 2.46. The van der Waals surface area contributed by atoms with Gasteiger partial charge in [-0.15, -0.1) is 0 Å². The van der Waals surface area contributed by atoms with Gasteiger partial charge in [0.15, 0.2) is 0 Å². The molecule has 2 rings (SSSR count). The summed E-state index contributed by atoms with van der Waals surface area (Å²) in [6, 6.07) is 3.83. The number of carbonyl (C=O) groups is 1. The van der Waals surface area contributed by atoms with Gasteiger partial charge >= 0.3 is 6.16 Å². The number of allylic oxidation sites excluding steroid dienone is 1. The lowest BCUT2D eigenvalue weighted by molar-refractivity contribution is 0.144. The third kappa shape index (κ3) is 3.70. The minimum atomic E-state index is -1.26. The number of fused-ring (bicyclic) bond motifs is 1. The fourth-order valence-electron chi connectivity index (χ4n) is 3.39. The monoisotopic (exact) mass is 302 g/mol. The van der Waals surface area contributed by atoms with Gasteiger partial charge in [-0.3, -0.25) is 0 Å². The molecule has 0 spiro atoms. The van der Waals surface area contributed by atoms with Gasteiger partial charge < -0.3 is 9.84 Å². The second-order valence-electron chi connectivity index (χ2n) is 6.23. The van der Waals surface area contributed by atoms with Crippen molar-refractivity contribution in [2.75, 3.05) is 0 Å². The van der Waals surface area contributed by atoms with Crippen LogP contribution in [0.15, 0.2) is 18.7 Å². The number of hydrogen-bond donors (Lipinski definition) is 1. The number of ether oxygens (including phenoxy) is 1. The zero-order valence-corrected chi connectivity index (χ0v) is 13.7. The molecule has 0 aliphatic heterocycles. The Bertz CT molecular complexity index is 560. The van der Waals surface area contributed by atoms with Crippen LogP contribution in [0.2, 0.25) is 0 Å². The number of hydrogen-bond acceptors (Lipinski definition) is 2. The SMILES string of the molecule is C=C(CCCCC)c1c(OC(=O)O)ccc2c1CCCC2C. The Kier molecular flexibility index (Phi) is 5.64. The smallest absolute Gasteiger partial charge is 0.449 e. The molecular formula is C19H26O3. The zero-order chi connectivity index (χ0) is 16.1. The fraction of sp³-hybridized carbons (Fsp3) is 0.526. The van der Waals surface area contributed by atoms with Crippen LogP contribution < -0.4 is 4.74 Å². The van der Waals surface area contributed by atoms with Crippen LogP contribution >= 0.6 is 0 Å². The predicted octanol–water partition coefficient (Wildman–Crippen LogP) is 5.78. The highest BCUT2D eigenvalue weighted by Crippen LogP contribution is 2.41. The Balaban J connectivity index is 2.39. The Hall–Kier alpha value is -1.77. The van der Waals surface area contributed by atoms with Crippen LogP contribution in [0.3, 0.4) is 0 Å². The largest absolute Gasteiger partial charge is 0.511 e. The topological polar surface area (TPSA) is 46.5 Å². The molecule has 0 heterocycles. The summed E-state index contributed by atoms with van der Waals surface area (Å²) >= 11 is 0. The minimum Gasteiger partial charge on any atom is -0.449 e. The second kappa shape index (κ2) is 7.48. The van der Waals surface area contributed by atoms with Crippen LogP contribution in [0.4, 0.5) is 4.79 Å². The number of rotatable bonds is 6. The van der Waals surface area contributed by atoms with Crippen molar-refractivity contribution in [2.45, 2.75) is 64.7 Å². The lowest BCUT2D eigenvalue weighted by Crippen LogP contribution is -2.13. The Morgan fingerprint density at radius 3 is 2.86 bits per heavy atom. The average molecular weight is 302 g/mol. The van der Waals surface area contributed by atoms with Gasteiger partial charge in [0.05, 0.1) is 0 Å². The maximum Gasteiger partial charge on any atom is 0.511 e. The van der Waals surface area contributed by atoms with Gasteiger partial charge in [-0.1, -0.05) is 39.3 Å². The number of carboxylic acid groups (broad SMARTS) is 1. The summed E-state index contributed by atoms with van der Waals surface area (Å²) in [6.07, 6.45) is 6.36. The lowest BCUT2D eigenvalue weighted by Gasteiger charge is -2.26. The van der Waals surface area contributed by atoms with Crippen LogP contribution in [-0.2, 0) is 6.42 Å². The van der Waals surface area contributed by atoms with E-state index in [-0.39, 0.29) is 0 Å². The predicted molar refractivity (Wildman–Crippen MR) is 89.6 cm³/mol. The molecule has 1 unspecified atom stereocenters. The molecule has 120 valence electrons. The Morgan fingerprint density at radius 2 is 2.18 bits per heavy atom. The van der Waals surface area contributed by atoms with E-state index in [2.05, 4.69) is 20.4 Å². The molecule has 1 atom stereocenters. The summed E-state index contributed by atoms with van der Waals surface area (Å²) < 4.78 is 5.03. The molecule has 1 aliphatic rings. The highest BCUT2D eigenvalue weighted by molar-refractivity contribution is 5.76. The van der Waals surface area contributed by atoms with E-state index in [0.717, 1.165) is 43.2 Å². The molecule has 1 aliphatic carbocycles. The molecule has 0 saturated heterocycles. The van der Waals surface area contributed by atoms with Gasteiger partial charge in [0.2, 0.25) is 0 Å². The first-order valence-electron chi connectivity index (χ1n) is 8.29. The van der Waals surface area contributed by atoms with Gasteiger partial charge in [0.25, 0.3) is 0 Å². The van der Waals surface area contributed by atoms with Crippen LogP contribution in [0.25, 0.3) is 5.57 Å². The van der Waals surface area contributed by atoms with Gasteiger partial charge in [0.1, 0.15) is 5.75 Å². The van der Waals surface area contributed by atoms with Crippen molar-refractivity contribution in [3.05, 3.63) is 35.4 Å². The van der Waals surface area contributed by atoms with Gasteiger partial charge in [0, 0.05) is 5.56 Å². The van der Waals surface area contributed by atoms with Gasteiger partial charge in [-0.2, -0.15) is 0 Å². The molecule has 0 fully saturated rings. The Morgan fingerprint density at radius 1 is 1.41 bits per heavy atom. The van der Waals surface area contributed by atoms with Crippen LogP contribution in [0, 0.1) is 0 Å². The van der Waals surface area contributed by atoms with E-state index in [1.165, 1.54) is 24.0 Å². The van der Waals surface area contributed by atoms with Crippen molar-refractivity contribution < 1.29 is 14.6 Å². The van der Waals surface area contributed by atoms with E-state index in [0.29, 0.717) is 11.7 Å². The van der Waals surface area contributed by atoms with Crippen molar-refractivity contribution in [1.82, 2.24) is 0 Å². The zero-order valence-electron chi connectivity index (χ0n) is 13.7. The van der Waals surface area contributed by atoms with Crippen LogP contribution in [0.5, 0.6) is 5.75 Å². The molecular weight excluding hydrogens is 276 g/mol. The number of unbranched alkanes of at least 4 members (excludes halogenated alkanes) is 2. The summed E-state index contributed by atoms with van der Waals surface area (Å²) in [5.74, 6) is 0.965. The van der Waals surface area contributed by atoms with E-state index in [9.17, 15) is 4.79 Å². The third-order valence-electron chi connectivity index (χ3n) is 4.54. The van der Waals surface area contributed by atoms with E-state index in [1.807, 2.05) is 6.07 Å². The quantitative estimate of drug-likeness (QED) is 0.412. The molecule has 22 heavy (non-hydrogen) atoms. The minimum absolute atomic E-state index is 0.446. The molecule has 1 N–H and O–H groups in total. The molecule has 3 heteroatoms. The molecule has 1 aromatic rings. The first-order valence-corrected chi connectivity index (χ1v) is 8.29. The molecule has 0 saturated carbocycles. The van der Waals surface area contributed by atoms with E-state index >= 15 is 0 Å². The normalized spacial score (nSPS) is 16.9. The summed E-state index contributed by atoms with van der Waals surface area (Å²) in [4.78, 5) is 11.0. The second-order valence-corrected chi connectivity index (χ2v) is 6.23. The van der Waals surface area contributed by atoms with Crippen molar-refractivity contribution in [3.63, 3.8) is 0 Å². The van der Waals surface area contributed by atoms with E-state index in [1.54, 1.807) is 6.07 Å². The van der Waals surface area contributed by atoms with Crippen molar-refractivity contribution in [3.8, 4) is 5.75 Å². The first-order chi connectivity index (χ1) is 10.5. The van der Waals surface area contributed by atoms with Gasteiger partial charge in [-0.25, -0.2) is 4.79 Å². The van der Waals surface area contributed by atoms with Crippen LogP contribution in [-0.4, -0.2) is 11.3 Å². The van der Waals surface area contributed by atoms with Crippen molar-refractivity contribution in [2.24, 2.45) is 0 Å². The Labute approximate surface area is 133 Å². The van der Waals surface area contributed by atoms with E-state index < -0.39 is 6.16 Å². The molecule has 0 radical (unpaired) electrons. The molecule has 0 amide bonds.